The predicted octanol–water partition coefficient (Wildman–Crippen LogP) is 1.32. The maximum atomic E-state index is 11.1. The van der Waals surface area contributed by atoms with Crippen LogP contribution < -0.4 is 11.1 Å². The van der Waals surface area contributed by atoms with Crippen molar-refractivity contribution in [3.8, 4) is 11.3 Å². The third-order valence-electron chi connectivity index (χ3n) is 2.72. The summed E-state index contributed by atoms with van der Waals surface area (Å²) in [6.07, 6.45) is 0. The highest BCUT2D eigenvalue weighted by Crippen LogP contribution is 2.25. The van der Waals surface area contributed by atoms with Crippen molar-refractivity contribution in [2.45, 2.75) is 6.92 Å². The molecule has 96 valence electrons. The third-order valence-corrected chi connectivity index (χ3v) is 2.72. The van der Waals surface area contributed by atoms with E-state index in [1.54, 1.807) is 32.2 Å². The van der Waals surface area contributed by atoms with Gasteiger partial charge in [-0.25, -0.2) is 9.78 Å². The van der Waals surface area contributed by atoms with Gasteiger partial charge in [-0.05, 0) is 25.1 Å². The second kappa shape index (κ2) is 4.20. The fraction of sp³-hybridized carbons (Fsp3) is 0.167. The number of H-pyrrole nitrogens is 1. The number of aromatic amines is 1. The van der Waals surface area contributed by atoms with E-state index in [9.17, 15) is 4.79 Å². The zero-order chi connectivity index (χ0) is 13.4. The van der Waals surface area contributed by atoms with E-state index in [0.717, 1.165) is 5.56 Å². The number of rotatable bonds is 2. The molecule has 3 rings (SSSR count). The van der Waals surface area contributed by atoms with Crippen LogP contribution in [-0.4, -0.2) is 27.2 Å². The zero-order valence-corrected chi connectivity index (χ0v) is 10.4. The highest BCUT2D eigenvalue weighted by molar-refractivity contribution is 5.81. The number of nitrogens with zero attached hydrogens (tertiary/aromatic N) is 3. The number of hydrogen-bond donors (Lipinski definition) is 2. The normalized spacial score (nSPS) is 10.8. The molecule has 0 aliphatic rings. The third kappa shape index (κ3) is 1.95. The SMILES string of the molecule is CNc1nc(C)nnc1-c1ccc2oc(=O)[nH]c2c1. The maximum absolute atomic E-state index is 11.1. The Morgan fingerprint density at radius 1 is 1.32 bits per heavy atom. The Hall–Kier alpha value is -2.70. The highest BCUT2D eigenvalue weighted by Gasteiger charge is 2.11. The maximum Gasteiger partial charge on any atom is 0.417 e. The lowest BCUT2D eigenvalue weighted by Crippen LogP contribution is -2.02. The summed E-state index contributed by atoms with van der Waals surface area (Å²) in [6, 6.07) is 5.30. The largest absolute Gasteiger partial charge is 0.417 e. The number of hydrogen-bond acceptors (Lipinski definition) is 6. The van der Waals surface area contributed by atoms with Gasteiger partial charge in [-0.1, -0.05) is 0 Å². The van der Waals surface area contributed by atoms with Crippen LogP contribution in [0.1, 0.15) is 5.82 Å². The summed E-state index contributed by atoms with van der Waals surface area (Å²) in [5.41, 5.74) is 2.55. The Balaban J connectivity index is 2.20. The average molecular weight is 257 g/mol. The monoisotopic (exact) mass is 257 g/mol. The Morgan fingerprint density at radius 2 is 2.16 bits per heavy atom. The zero-order valence-electron chi connectivity index (χ0n) is 10.4. The van der Waals surface area contributed by atoms with Crippen LogP contribution in [0, 0.1) is 6.92 Å². The molecule has 2 heterocycles. The molecule has 0 radical (unpaired) electrons. The molecular formula is C12H11N5O2. The minimum absolute atomic E-state index is 0.478. The molecule has 1 aromatic carbocycles. The Bertz CT molecular complexity index is 805. The minimum Gasteiger partial charge on any atom is -0.408 e. The number of aromatic nitrogens is 4. The lowest BCUT2D eigenvalue weighted by Gasteiger charge is -2.06. The van der Waals surface area contributed by atoms with Crippen molar-refractivity contribution in [1.29, 1.82) is 0 Å². The van der Waals surface area contributed by atoms with E-state index in [-0.39, 0.29) is 0 Å². The first-order valence-electron chi connectivity index (χ1n) is 5.69. The van der Waals surface area contributed by atoms with Gasteiger partial charge in [-0.15, -0.1) is 10.2 Å². The highest BCUT2D eigenvalue weighted by atomic mass is 16.4. The van der Waals surface area contributed by atoms with Gasteiger partial charge in [0.1, 0.15) is 11.5 Å². The van der Waals surface area contributed by atoms with E-state index in [2.05, 4.69) is 25.5 Å². The molecule has 2 aromatic heterocycles. The molecule has 3 aromatic rings. The van der Waals surface area contributed by atoms with E-state index in [1.807, 2.05) is 0 Å². The Kier molecular flexibility index (Phi) is 2.52. The van der Waals surface area contributed by atoms with Crippen LogP contribution in [0.2, 0.25) is 0 Å². The van der Waals surface area contributed by atoms with Gasteiger partial charge in [-0.3, -0.25) is 4.98 Å². The number of aryl methyl sites for hydroxylation is 1. The van der Waals surface area contributed by atoms with Gasteiger partial charge in [0.05, 0.1) is 5.52 Å². The fourth-order valence-corrected chi connectivity index (χ4v) is 1.87. The first kappa shape index (κ1) is 11.4. The first-order valence-corrected chi connectivity index (χ1v) is 5.69. The summed E-state index contributed by atoms with van der Waals surface area (Å²) in [4.78, 5) is 18.0. The molecular weight excluding hydrogens is 246 g/mol. The first-order chi connectivity index (χ1) is 9.17. The van der Waals surface area contributed by atoms with E-state index in [4.69, 9.17) is 4.42 Å². The van der Waals surface area contributed by atoms with Crippen LogP contribution in [-0.2, 0) is 0 Å². The number of nitrogens with one attached hydrogen (secondary N) is 2. The smallest absolute Gasteiger partial charge is 0.408 e. The Labute approximate surface area is 107 Å². The van der Waals surface area contributed by atoms with Crippen LogP contribution >= 0.6 is 0 Å². The van der Waals surface area contributed by atoms with Crippen LogP contribution in [0.25, 0.3) is 22.4 Å². The van der Waals surface area contributed by atoms with Crippen molar-refractivity contribution in [2.24, 2.45) is 0 Å². The topological polar surface area (TPSA) is 96.7 Å². The van der Waals surface area contributed by atoms with Gasteiger partial charge >= 0.3 is 5.76 Å². The van der Waals surface area contributed by atoms with Crippen molar-refractivity contribution < 1.29 is 4.42 Å². The lowest BCUT2D eigenvalue weighted by atomic mass is 10.1. The second-order valence-corrected chi connectivity index (χ2v) is 4.03. The quantitative estimate of drug-likeness (QED) is 0.718. The number of fused-ring (bicyclic) bond motifs is 1. The molecule has 0 fully saturated rings. The molecule has 0 saturated heterocycles. The van der Waals surface area contributed by atoms with Crippen molar-refractivity contribution >= 4 is 16.9 Å². The van der Waals surface area contributed by atoms with Gasteiger partial charge in [0.15, 0.2) is 11.4 Å². The fourth-order valence-electron chi connectivity index (χ4n) is 1.87. The molecule has 19 heavy (non-hydrogen) atoms. The summed E-state index contributed by atoms with van der Waals surface area (Å²) >= 11 is 0. The van der Waals surface area contributed by atoms with Crippen molar-refractivity contribution in [2.75, 3.05) is 12.4 Å². The molecule has 0 aliphatic heterocycles. The Morgan fingerprint density at radius 3 is 2.95 bits per heavy atom. The minimum atomic E-state index is -0.478. The molecule has 0 spiro atoms. The number of anilines is 1. The molecule has 0 bridgehead atoms. The molecule has 0 saturated carbocycles. The summed E-state index contributed by atoms with van der Waals surface area (Å²) in [5.74, 6) is 0.748. The molecule has 0 unspecified atom stereocenters. The molecule has 2 N–H and O–H groups in total. The second-order valence-electron chi connectivity index (χ2n) is 4.03. The van der Waals surface area contributed by atoms with Gasteiger partial charge in [0.25, 0.3) is 0 Å². The molecule has 7 nitrogen and oxygen atoms in total. The standard InChI is InChI=1S/C12H11N5O2/c1-6-14-11(13-2)10(17-16-6)7-3-4-9-8(5-7)15-12(18)19-9/h3-5H,1-2H3,(H,15,18)(H,13,14,16). The van der Waals surface area contributed by atoms with E-state index in [0.29, 0.717) is 28.4 Å². The lowest BCUT2D eigenvalue weighted by molar-refractivity contribution is 0.555. The van der Waals surface area contributed by atoms with Gasteiger partial charge in [-0.2, -0.15) is 0 Å². The summed E-state index contributed by atoms with van der Waals surface area (Å²) in [6.45, 7) is 1.77. The predicted molar refractivity (Wildman–Crippen MR) is 69.9 cm³/mol. The summed E-state index contributed by atoms with van der Waals surface area (Å²) in [7, 11) is 1.77. The van der Waals surface area contributed by atoms with Crippen LogP contribution in [0.5, 0.6) is 0 Å². The molecule has 7 heteroatoms. The van der Waals surface area contributed by atoms with E-state index in [1.165, 1.54) is 0 Å². The summed E-state index contributed by atoms with van der Waals surface area (Å²) < 4.78 is 4.96. The molecule has 0 amide bonds. The summed E-state index contributed by atoms with van der Waals surface area (Å²) in [5, 5.41) is 11.1. The average Bonchev–Trinajstić information content (AvgIpc) is 2.77. The molecule has 0 atom stereocenters. The van der Waals surface area contributed by atoms with E-state index >= 15 is 0 Å². The molecule has 0 aliphatic carbocycles. The van der Waals surface area contributed by atoms with Crippen LogP contribution in [0.4, 0.5) is 5.82 Å². The van der Waals surface area contributed by atoms with Gasteiger partial charge in [0, 0.05) is 12.6 Å². The van der Waals surface area contributed by atoms with Gasteiger partial charge in [0.2, 0.25) is 0 Å². The van der Waals surface area contributed by atoms with Gasteiger partial charge < -0.3 is 9.73 Å². The van der Waals surface area contributed by atoms with Crippen molar-refractivity contribution in [3.05, 3.63) is 34.6 Å². The van der Waals surface area contributed by atoms with Crippen LogP contribution in [0.15, 0.2) is 27.4 Å². The number of benzene rings is 1. The van der Waals surface area contributed by atoms with E-state index < -0.39 is 5.76 Å². The van der Waals surface area contributed by atoms with Crippen molar-refractivity contribution in [1.82, 2.24) is 20.2 Å². The van der Waals surface area contributed by atoms with Crippen molar-refractivity contribution in [3.63, 3.8) is 0 Å². The number of oxazole rings is 1. The van der Waals surface area contributed by atoms with Crippen LogP contribution in [0.3, 0.4) is 0 Å².